The summed E-state index contributed by atoms with van der Waals surface area (Å²) in [4.78, 5) is 16.4. The van der Waals surface area contributed by atoms with Gasteiger partial charge in [-0.05, 0) is 68.4 Å². The van der Waals surface area contributed by atoms with Crippen molar-refractivity contribution in [3.63, 3.8) is 0 Å². The van der Waals surface area contributed by atoms with Crippen LogP contribution in [0.5, 0.6) is 0 Å². The third kappa shape index (κ3) is 4.88. The molecule has 140 valence electrons. The van der Waals surface area contributed by atoms with Gasteiger partial charge in [-0.3, -0.25) is 9.69 Å². The van der Waals surface area contributed by atoms with Gasteiger partial charge >= 0.3 is 0 Å². The Balaban J connectivity index is 1.67. The van der Waals surface area contributed by atoms with Gasteiger partial charge in [0.1, 0.15) is 11.9 Å². The molecule has 0 saturated carbocycles. The lowest BCUT2D eigenvalue weighted by molar-refractivity contribution is 0.0941. The van der Waals surface area contributed by atoms with Crippen LogP contribution in [0.15, 0.2) is 52.3 Å². The molecule has 0 bridgehead atoms. The highest BCUT2D eigenvalue weighted by atomic mass is 32.2. The minimum Gasteiger partial charge on any atom is -0.350 e. The van der Waals surface area contributed by atoms with Crippen molar-refractivity contribution in [3.8, 4) is 6.07 Å². The Bertz CT molecular complexity index is 847. The van der Waals surface area contributed by atoms with Crippen LogP contribution in [0, 0.1) is 17.1 Å². The van der Waals surface area contributed by atoms with E-state index in [1.54, 1.807) is 30.3 Å². The van der Waals surface area contributed by atoms with Crippen LogP contribution in [0.3, 0.4) is 0 Å². The van der Waals surface area contributed by atoms with E-state index in [9.17, 15) is 14.4 Å². The first-order valence-corrected chi connectivity index (χ1v) is 9.92. The van der Waals surface area contributed by atoms with Crippen LogP contribution in [0.2, 0.25) is 0 Å². The van der Waals surface area contributed by atoms with Gasteiger partial charge in [0.15, 0.2) is 0 Å². The zero-order chi connectivity index (χ0) is 19.2. The summed E-state index contributed by atoms with van der Waals surface area (Å²) in [7, 11) is 0. The van der Waals surface area contributed by atoms with Crippen LogP contribution in [-0.2, 0) is 0 Å². The van der Waals surface area contributed by atoms with E-state index in [0.717, 1.165) is 29.3 Å². The largest absolute Gasteiger partial charge is 0.350 e. The lowest BCUT2D eigenvalue weighted by Gasteiger charge is -2.22. The average Bonchev–Trinajstić information content (AvgIpc) is 3.15. The highest BCUT2D eigenvalue weighted by molar-refractivity contribution is 7.99. The van der Waals surface area contributed by atoms with Crippen molar-refractivity contribution < 1.29 is 9.18 Å². The summed E-state index contributed by atoms with van der Waals surface area (Å²) in [6.45, 7) is 4.84. The molecule has 1 saturated heterocycles. The molecule has 0 radical (unpaired) electrons. The number of likely N-dealkylation sites (tertiary alicyclic amines) is 1. The second-order valence-electron chi connectivity index (χ2n) is 6.51. The number of nitriles is 1. The maximum atomic E-state index is 13.0. The van der Waals surface area contributed by atoms with Gasteiger partial charge in [-0.15, -0.1) is 0 Å². The fourth-order valence-corrected chi connectivity index (χ4v) is 4.21. The van der Waals surface area contributed by atoms with Crippen LogP contribution < -0.4 is 5.32 Å². The van der Waals surface area contributed by atoms with Crippen molar-refractivity contribution in [3.05, 3.63) is 59.4 Å². The number of benzene rings is 2. The summed E-state index contributed by atoms with van der Waals surface area (Å²) < 4.78 is 13.0. The number of nitrogens with one attached hydrogen (secondary N) is 1. The molecule has 0 aliphatic carbocycles. The van der Waals surface area contributed by atoms with Crippen LogP contribution in [0.25, 0.3) is 0 Å². The van der Waals surface area contributed by atoms with Crippen molar-refractivity contribution >= 4 is 17.7 Å². The number of carbonyl (C=O) groups is 1. The van der Waals surface area contributed by atoms with Crippen LogP contribution >= 0.6 is 11.8 Å². The van der Waals surface area contributed by atoms with Gasteiger partial charge < -0.3 is 5.32 Å². The second kappa shape index (κ2) is 9.03. The molecule has 1 amide bonds. The van der Waals surface area contributed by atoms with Gasteiger partial charge in [-0.1, -0.05) is 18.7 Å². The highest BCUT2D eigenvalue weighted by Crippen LogP contribution is 2.31. The first-order chi connectivity index (χ1) is 13.1. The van der Waals surface area contributed by atoms with Crippen molar-refractivity contribution in [2.75, 3.05) is 19.6 Å². The fourth-order valence-electron chi connectivity index (χ4n) is 3.33. The molecule has 6 heteroatoms. The zero-order valence-corrected chi connectivity index (χ0v) is 16.1. The Morgan fingerprint density at radius 3 is 2.81 bits per heavy atom. The molecule has 3 rings (SSSR count). The third-order valence-electron chi connectivity index (χ3n) is 4.81. The minimum atomic E-state index is -0.296. The van der Waals surface area contributed by atoms with Gasteiger partial charge in [-0.25, -0.2) is 4.39 Å². The molecule has 1 unspecified atom stereocenters. The smallest absolute Gasteiger partial charge is 0.251 e. The summed E-state index contributed by atoms with van der Waals surface area (Å²) >= 11 is 1.38. The first-order valence-electron chi connectivity index (χ1n) is 9.10. The molecule has 2 aromatic rings. The van der Waals surface area contributed by atoms with Gasteiger partial charge in [0.2, 0.25) is 0 Å². The molecular formula is C21H22FN3OS. The quantitative estimate of drug-likeness (QED) is 0.817. The van der Waals surface area contributed by atoms with E-state index in [4.69, 9.17) is 0 Å². The number of likely N-dealkylation sites (N-methyl/N-ethyl adjacent to an activating group) is 1. The first kappa shape index (κ1) is 19.4. The summed E-state index contributed by atoms with van der Waals surface area (Å²) in [6.07, 6.45) is 2.27. The summed E-state index contributed by atoms with van der Waals surface area (Å²) in [5.74, 6) is -0.455. The van der Waals surface area contributed by atoms with E-state index < -0.39 is 0 Å². The third-order valence-corrected chi connectivity index (χ3v) is 5.89. The van der Waals surface area contributed by atoms with Crippen molar-refractivity contribution in [1.29, 1.82) is 5.26 Å². The Kier molecular flexibility index (Phi) is 6.49. The molecule has 1 atom stereocenters. The Morgan fingerprint density at radius 2 is 2.11 bits per heavy atom. The number of hydrogen-bond acceptors (Lipinski definition) is 4. The number of amides is 1. The van der Waals surface area contributed by atoms with Crippen LogP contribution in [0.1, 0.15) is 35.7 Å². The topological polar surface area (TPSA) is 56.1 Å². The van der Waals surface area contributed by atoms with Crippen molar-refractivity contribution in [2.24, 2.45) is 0 Å². The van der Waals surface area contributed by atoms with E-state index >= 15 is 0 Å². The number of carbonyl (C=O) groups excluding carboxylic acids is 1. The average molecular weight is 383 g/mol. The molecule has 2 aromatic carbocycles. The van der Waals surface area contributed by atoms with Gasteiger partial charge in [-0.2, -0.15) is 5.26 Å². The van der Waals surface area contributed by atoms with Gasteiger partial charge in [0.25, 0.3) is 5.91 Å². The normalized spacial score (nSPS) is 16.9. The molecule has 1 N–H and O–H groups in total. The highest BCUT2D eigenvalue weighted by Gasteiger charge is 2.23. The summed E-state index contributed by atoms with van der Waals surface area (Å²) in [6, 6.07) is 13.8. The van der Waals surface area contributed by atoms with Crippen molar-refractivity contribution in [2.45, 2.75) is 35.6 Å². The van der Waals surface area contributed by atoms with Crippen molar-refractivity contribution in [1.82, 2.24) is 10.2 Å². The molecule has 4 nitrogen and oxygen atoms in total. The van der Waals surface area contributed by atoms with E-state index in [1.165, 1.54) is 30.3 Å². The minimum absolute atomic E-state index is 0.159. The van der Waals surface area contributed by atoms with Gasteiger partial charge in [0.05, 0.1) is 5.56 Å². The van der Waals surface area contributed by atoms with Gasteiger partial charge in [0, 0.05) is 27.9 Å². The number of rotatable bonds is 6. The van der Waals surface area contributed by atoms with Crippen LogP contribution in [-0.4, -0.2) is 36.5 Å². The summed E-state index contributed by atoms with van der Waals surface area (Å²) in [5, 5.41) is 12.4. The van der Waals surface area contributed by atoms with E-state index in [2.05, 4.69) is 23.2 Å². The monoisotopic (exact) mass is 383 g/mol. The molecule has 1 fully saturated rings. The molecular weight excluding hydrogens is 361 g/mol. The predicted octanol–water partition coefficient (Wildman–Crippen LogP) is 4.06. The fraction of sp³-hybridized carbons (Fsp3) is 0.333. The number of halogens is 1. The number of hydrogen-bond donors (Lipinski definition) is 1. The maximum absolute atomic E-state index is 13.0. The molecule has 1 heterocycles. The summed E-state index contributed by atoms with van der Waals surface area (Å²) in [5.41, 5.74) is 0.920. The molecule has 0 spiro atoms. The maximum Gasteiger partial charge on any atom is 0.251 e. The standard InChI is InChI=1S/C21H22FN3OS/c1-2-25-11-3-4-18(25)14-24-21(26)15-5-10-20(16(12-15)13-23)27-19-8-6-17(22)7-9-19/h5-10,12,18H,2-4,11,14H2,1H3,(H,24,26). The molecule has 1 aliphatic heterocycles. The lowest BCUT2D eigenvalue weighted by Crippen LogP contribution is -2.40. The van der Waals surface area contributed by atoms with E-state index in [0.29, 0.717) is 23.7 Å². The van der Waals surface area contributed by atoms with Crippen LogP contribution in [0.4, 0.5) is 4.39 Å². The lowest BCUT2D eigenvalue weighted by atomic mass is 10.1. The number of nitrogens with zero attached hydrogens (tertiary/aromatic N) is 2. The Labute approximate surface area is 163 Å². The molecule has 1 aliphatic rings. The van der Waals surface area contributed by atoms with E-state index in [-0.39, 0.29) is 11.7 Å². The molecule has 0 aromatic heterocycles. The Hall–Kier alpha value is -2.36. The Morgan fingerprint density at radius 1 is 1.33 bits per heavy atom. The zero-order valence-electron chi connectivity index (χ0n) is 15.2. The second-order valence-corrected chi connectivity index (χ2v) is 7.63. The predicted molar refractivity (Wildman–Crippen MR) is 104 cm³/mol. The molecule has 27 heavy (non-hydrogen) atoms. The SMILES string of the molecule is CCN1CCCC1CNC(=O)c1ccc(Sc2ccc(F)cc2)c(C#N)c1. The van der Waals surface area contributed by atoms with E-state index in [1.807, 2.05) is 0 Å².